The van der Waals surface area contributed by atoms with E-state index in [0.29, 0.717) is 24.0 Å². The normalized spacial score (nSPS) is 12.5. The number of rotatable bonds is 6. The van der Waals surface area contributed by atoms with Gasteiger partial charge < -0.3 is 10.6 Å². The minimum Gasteiger partial charge on any atom is -0.355 e. The topological polar surface area (TPSA) is 41.1 Å². The van der Waals surface area contributed by atoms with Gasteiger partial charge in [-0.1, -0.05) is 47.4 Å². The van der Waals surface area contributed by atoms with Crippen LogP contribution in [0.2, 0.25) is 5.02 Å². The highest BCUT2D eigenvalue weighted by molar-refractivity contribution is 9.10. The Morgan fingerprint density at radius 2 is 2.05 bits per heavy atom. The van der Waals surface area contributed by atoms with Crippen LogP contribution >= 0.6 is 27.5 Å². The van der Waals surface area contributed by atoms with Crippen LogP contribution in [-0.2, 0) is 4.79 Å². The number of hydrogen-bond donors (Lipinski definition) is 2. The summed E-state index contributed by atoms with van der Waals surface area (Å²) in [7, 11) is 0. The zero-order valence-electron chi connectivity index (χ0n) is 11.5. The van der Waals surface area contributed by atoms with E-state index >= 15 is 0 Å². The van der Waals surface area contributed by atoms with E-state index in [-0.39, 0.29) is 11.9 Å². The van der Waals surface area contributed by atoms with Crippen LogP contribution in [0.3, 0.4) is 0 Å². The van der Waals surface area contributed by atoms with Crippen LogP contribution in [0.4, 0.5) is 0 Å². The standard InChI is InChI=1S/C14H20BrClN2O/c1-9(2)7-18-14(19)8-17-10(3)12-5-4-11(15)6-13(12)16/h4-6,9-10,17H,7-8H2,1-3H3,(H,18,19). The molecule has 0 fully saturated rings. The summed E-state index contributed by atoms with van der Waals surface area (Å²) in [6.45, 7) is 7.12. The van der Waals surface area contributed by atoms with E-state index in [1.165, 1.54) is 0 Å². The lowest BCUT2D eigenvalue weighted by Gasteiger charge is -2.16. The first-order chi connectivity index (χ1) is 8.90. The summed E-state index contributed by atoms with van der Waals surface area (Å²) in [6.07, 6.45) is 0. The Labute approximate surface area is 128 Å². The van der Waals surface area contributed by atoms with Gasteiger partial charge in [0.2, 0.25) is 5.91 Å². The molecule has 19 heavy (non-hydrogen) atoms. The molecule has 5 heteroatoms. The van der Waals surface area contributed by atoms with Gasteiger partial charge in [-0.3, -0.25) is 4.79 Å². The number of amides is 1. The molecule has 1 rings (SSSR count). The molecule has 0 heterocycles. The lowest BCUT2D eigenvalue weighted by atomic mass is 10.1. The Bertz CT molecular complexity index is 437. The van der Waals surface area contributed by atoms with Crippen molar-refractivity contribution in [1.29, 1.82) is 0 Å². The van der Waals surface area contributed by atoms with Crippen LogP contribution in [-0.4, -0.2) is 19.0 Å². The Balaban J connectivity index is 2.46. The summed E-state index contributed by atoms with van der Waals surface area (Å²) in [5, 5.41) is 6.73. The molecule has 0 aliphatic rings. The Morgan fingerprint density at radius 3 is 2.63 bits per heavy atom. The highest BCUT2D eigenvalue weighted by Crippen LogP contribution is 2.26. The Morgan fingerprint density at radius 1 is 1.37 bits per heavy atom. The monoisotopic (exact) mass is 346 g/mol. The fourth-order valence-electron chi connectivity index (χ4n) is 1.59. The molecular formula is C14H20BrClN2O. The summed E-state index contributed by atoms with van der Waals surface area (Å²) < 4.78 is 0.947. The second kappa shape index (κ2) is 7.88. The highest BCUT2D eigenvalue weighted by Gasteiger charge is 2.11. The van der Waals surface area contributed by atoms with Crippen molar-refractivity contribution in [3.05, 3.63) is 33.3 Å². The maximum Gasteiger partial charge on any atom is 0.233 e. The molecule has 106 valence electrons. The minimum atomic E-state index is 0.00813. The van der Waals surface area contributed by atoms with Gasteiger partial charge in [0.25, 0.3) is 0 Å². The van der Waals surface area contributed by atoms with Gasteiger partial charge in [-0.15, -0.1) is 0 Å². The molecule has 0 spiro atoms. The number of carbonyl (C=O) groups excluding carboxylic acids is 1. The average Bonchev–Trinajstić information content (AvgIpc) is 2.33. The second-order valence-electron chi connectivity index (χ2n) is 4.97. The van der Waals surface area contributed by atoms with E-state index in [1.807, 2.05) is 25.1 Å². The van der Waals surface area contributed by atoms with Gasteiger partial charge in [-0.05, 0) is 30.5 Å². The molecule has 3 nitrogen and oxygen atoms in total. The van der Waals surface area contributed by atoms with Crippen LogP contribution in [0.5, 0.6) is 0 Å². The van der Waals surface area contributed by atoms with Crippen molar-refractivity contribution in [3.8, 4) is 0 Å². The van der Waals surface area contributed by atoms with Crippen molar-refractivity contribution in [2.24, 2.45) is 5.92 Å². The molecule has 1 aromatic carbocycles. The third kappa shape index (κ3) is 5.93. The zero-order chi connectivity index (χ0) is 14.4. The molecule has 1 aromatic rings. The van der Waals surface area contributed by atoms with E-state index in [4.69, 9.17) is 11.6 Å². The molecular weight excluding hydrogens is 328 g/mol. The van der Waals surface area contributed by atoms with Gasteiger partial charge in [-0.25, -0.2) is 0 Å². The predicted molar refractivity (Wildman–Crippen MR) is 83.4 cm³/mol. The zero-order valence-corrected chi connectivity index (χ0v) is 13.8. The van der Waals surface area contributed by atoms with Crippen molar-refractivity contribution in [2.75, 3.05) is 13.1 Å². The quantitative estimate of drug-likeness (QED) is 0.826. The summed E-state index contributed by atoms with van der Waals surface area (Å²) >= 11 is 9.54. The maximum absolute atomic E-state index is 11.6. The molecule has 1 unspecified atom stereocenters. The number of halogens is 2. The largest absolute Gasteiger partial charge is 0.355 e. The first kappa shape index (κ1) is 16.5. The van der Waals surface area contributed by atoms with Gasteiger partial charge in [0.15, 0.2) is 0 Å². The molecule has 0 aliphatic heterocycles. The van der Waals surface area contributed by atoms with Crippen molar-refractivity contribution in [3.63, 3.8) is 0 Å². The van der Waals surface area contributed by atoms with Crippen molar-refractivity contribution >= 4 is 33.4 Å². The van der Waals surface area contributed by atoms with Crippen molar-refractivity contribution in [1.82, 2.24) is 10.6 Å². The third-order valence-corrected chi connectivity index (χ3v) is 3.53. The van der Waals surface area contributed by atoms with Gasteiger partial charge in [0.1, 0.15) is 0 Å². The number of carbonyl (C=O) groups is 1. The fraction of sp³-hybridized carbons (Fsp3) is 0.500. The molecule has 0 aliphatic carbocycles. The molecule has 0 radical (unpaired) electrons. The molecule has 0 bridgehead atoms. The first-order valence-corrected chi connectivity index (χ1v) is 7.52. The van der Waals surface area contributed by atoms with Gasteiger partial charge in [-0.2, -0.15) is 0 Å². The van der Waals surface area contributed by atoms with Gasteiger partial charge >= 0.3 is 0 Å². The molecule has 2 N–H and O–H groups in total. The Hall–Kier alpha value is -0.580. The van der Waals surface area contributed by atoms with Crippen LogP contribution in [0, 0.1) is 5.92 Å². The van der Waals surface area contributed by atoms with Crippen LogP contribution in [0.25, 0.3) is 0 Å². The van der Waals surface area contributed by atoms with Crippen molar-refractivity contribution < 1.29 is 4.79 Å². The first-order valence-electron chi connectivity index (χ1n) is 6.35. The Kier molecular flexibility index (Phi) is 6.83. The predicted octanol–water partition coefficient (Wildman–Crippen LogP) is 3.53. The van der Waals surface area contributed by atoms with E-state index in [1.54, 1.807) is 0 Å². The SMILES string of the molecule is CC(C)CNC(=O)CNC(C)c1ccc(Br)cc1Cl. The lowest BCUT2D eigenvalue weighted by molar-refractivity contribution is -0.120. The smallest absolute Gasteiger partial charge is 0.233 e. The van der Waals surface area contributed by atoms with E-state index < -0.39 is 0 Å². The van der Waals surface area contributed by atoms with Crippen molar-refractivity contribution in [2.45, 2.75) is 26.8 Å². The van der Waals surface area contributed by atoms with E-state index in [9.17, 15) is 4.79 Å². The number of nitrogens with one attached hydrogen (secondary N) is 2. The molecule has 1 amide bonds. The maximum atomic E-state index is 11.6. The van der Waals surface area contributed by atoms with Crippen LogP contribution in [0.15, 0.2) is 22.7 Å². The average molecular weight is 348 g/mol. The summed E-state index contributed by atoms with van der Waals surface area (Å²) in [4.78, 5) is 11.6. The molecule has 0 saturated carbocycles. The summed E-state index contributed by atoms with van der Waals surface area (Å²) in [6, 6.07) is 5.78. The van der Waals surface area contributed by atoms with Crippen LogP contribution in [0.1, 0.15) is 32.4 Å². The second-order valence-corrected chi connectivity index (χ2v) is 6.29. The molecule has 1 atom stereocenters. The lowest BCUT2D eigenvalue weighted by Crippen LogP contribution is -2.36. The van der Waals surface area contributed by atoms with E-state index in [0.717, 1.165) is 10.0 Å². The molecule has 0 saturated heterocycles. The van der Waals surface area contributed by atoms with Crippen LogP contribution < -0.4 is 10.6 Å². The number of hydrogen-bond acceptors (Lipinski definition) is 2. The summed E-state index contributed by atoms with van der Waals surface area (Å²) in [5.74, 6) is 0.469. The van der Waals surface area contributed by atoms with Gasteiger partial charge in [0.05, 0.1) is 6.54 Å². The summed E-state index contributed by atoms with van der Waals surface area (Å²) in [5.41, 5.74) is 0.988. The fourth-order valence-corrected chi connectivity index (χ4v) is 2.43. The number of benzene rings is 1. The third-order valence-electron chi connectivity index (χ3n) is 2.71. The van der Waals surface area contributed by atoms with E-state index in [2.05, 4.69) is 40.4 Å². The highest BCUT2D eigenvalue weighted by atomic mass is 79.9. The van der Waals surface area contributed by atoms with Gasteiger partial charge in [0, 0.05) is 22.1 Å². The minimum absolute atomic E-state index is 0.00813. The molecule has 0 aromatic heterocycles.